The molecule has 1 unspecified atom stereocenters. The van der Waals surface area contributed by atoms with Crippen molar-refractivity contribution in [2.75, 3.05) is 13.1 Å². The normalized spacial score (nSPS) is 17.7. The SMILES string of the molecule is O=c1c2ccccc2c(-c2ccc(F)cc2)nn1C1CCNC1. The molecular formula is C18H16FN3O. The van der Waals surface area contributed by atoms with Gasteiger partial charge in [0.1, 0.15) is 5.82 Å². The van der Waals surface area contributed by atoms with Crippen LogP contribution in [0.2, 0.25) is 0 Å². The van der Waals surface area contributed by atoms with Crippen molar-refractivity contribution in [2.45, 2.75) is 12.5 Å². The van der Waals surface area contributed by atoms with Crippen LogP contribution < -0.4 is 10.9 Å². The molecule has 1 atom stereocenters. The Morgan fingerprint density at radius 1 is 1.09 bits per heavy atom. The maximum absolute atomic E-state index is 13.2. The summed E-state index contributed by atoms with van der Waals surface area (Å²) in [7, 11) is 0. The van der Waals surface area contributed by atoms with Crippen LogP contribution in [0.3, 0.4) is 0 Å². The van der Waals surface area contributed by atoms with Crippen LogP contribution in [0.1, 0.15) is 12.5 Å². The van der Waals surface area contributed by atoms with Crippen molar-refractivity contribution in [1.82, 2.24) is 15.1 Å². The summed E-state index contributed by atoms with van der Waals surface area (Å²) >= 11 is 0. The lowest BCUT2D eigenvalue weighted by atomic mass is 10.0. The van der Waals surface area contributed by atoms with E-state index in [9.17, 15) is 9.18 Å². The molecule has 2 heterocycles. The molecule has 0 spiro atoms. The van der Waals surface area contributed by atoms with E-state index in [0.29, 0.717) is 11.1 Å². The summed E-state index contributed by atoms with van der Waals surface area (Å²) in [5, 5.41) is 9.33. The highest BCUT2D eigenvalue weighted by Crippen LogP contribution is 2.26. The van der Waals surface area contributed by atoms with Gasteiger partial charge in [0.05, 0.1) is 17.1 Å². The molecule has 0 radical (unpaired) electrons. The highest BCUT2D eigenvalue weighted by atomic mass is 19.1. The van der Waals surface area contributed by atoms with Crippen LogP contribution in [0, 0.1) is 5.82 Å². The molecule has 1 aromatic heterocycles. The summed E-state index contributed by atoms with van der Waals surface area (Å²) in [6.07, 6.45) is 0.883. The number of nitrogens with zero attached hydrogens (tertiary/aromatic N) is 2. The average Bonchev–Trinajstić information content (AvgIpc) is 3.11. The second-order valence-corrected chi connectivity index (χ2v) is 5.80. The Hall–Kier alpha value is -2.53. The van der Waals surface area contributed by atoms with Crippen molar-refractivity contribution in [1.29, 1.82) is 0 Å². The van der Waals surface area contributed by atoms with Gasteiger partial charge in [-0.15, -0.1) is 0 Å². The third kappa shape index (κ3) is 2.43. The minimum atomic E-state index is -0.286. The van der Waals surface area contributed by atoms with E-state index in [4.69, 9.17) is 0 Å². The summed E-state index contributed by atoms with van der Waals surface area (Å²) in [6, 6.07) is 13.7. The average molecular weight is 309 g/mol. The monoisotopic (exact) mass is 309 g/mol. The number of benzene rings is 2. The van der Waals surface area contributed by atoms with Crippen LogP contribution in [0.5, 0.6) is 0 Å². The summed E-state index contributed by atoms with van der Waals surface area (Å²) in [4.78, 5) is 12.8. The first-order chi connectivity index (χ1) is 11.2. The number of halogens is 1. The molecule has 0 bridgehead atoms. The van der Waals surface area contributed by atoms with Crippen molar-refractivity contribution >= 4 is 10.8 Å². The van der Waals surface area contributed by atoms with Gasteiger partial charge in [-0.1, -0.05) is 18.2 Å². The molecule has 1 aliphatic heterocycles. The van der Waals surface area contributed by atoms with Crippen LogP contribution in [0.25, 0.3) is 22.0 Å². The fraction of sp³-hybridized carbons (Fsp3) is 0.222. The van der Waals surface area contributed by atoms with E-state index < -0.39 is 0 Å². The van der Waals surface area contributed by atoms with Gasteiger partial charge >= 0.3 is 0 Å². The van der Waals surface area contributed by atoms with Gasteiger partial charge in [-0.2, -0.15) is 5.10 Å². The predicted molar refractivity (Wildman–Crippen MR) is 87.9 cm³/mol. The van der Waals surface area contributed by atoms with Gasteiger partial charge in [-0.3, -0.25) is 4.79 Å². The Morgan fingerprint density at radius 3 is 2.52 bits per heavy atom. The van der Waals surface area contributed by atoms with E-state index >= 15 is 0 Å². The molecule has 4 rings (SSSR count). The fourth-order valence-electron chi connectivity index (χ4n) is 3.12. The van der Waals surface area contributed by atoms with E-state index in [1.165, 1.54) is 12.1 Å². The first-order valence-corrected chi connectivity index (χ1v) is 7.72. The first-order valence-electron chi connectivity index (χ1n) is 7.72. The molecule has 1 saturated heterocycles. The van der Waals surface area contributed by atoms with Crippen molar-refractivity contribution < 1.29 is 4.39 Å². The molecule has 0 amide bonds. The maximum Gasteiger partial charge on any atom is 0.274 e. The highest BCUT2D eigenvalue weighted by Gasteiger charge is 2.21. The van der Waals surface area contributed by atoms with E-state index in [1.807, 2.05) is 24.3 Å². The number of hydrogen-bond donors (Lipinski definition) is 1. The molecule has 1 aliphatic rings. The third-order valence-corrected chi connectivity index (χ3v) is 4.33. The molecule has 0 aliphatic carbocycles. The van der Waals surface area contributed by atoms with Gasteiger partial charge < -0.3 is 5.32 Å². The van der Waals surface area contributed by atoms with Crippen LogP contribution in [0.15, 0.2) is 53.3 Å². The van der Waals surface area contributed by atoms with Gasteiger partial charge in [0.2, 0.25) is 0 Å². The Balaban J connectivity index is 2.00. The van der Waals surface area contributed by atoms with Crippen molar-refractivity contribution in [3.05, 3.63) is 64.7 Å². The quantitative estimate of drug-likeness (QED) is 0.792. The van der Waals surface area contributed by atoms with E-state index in [1.54, 1.807) is 16.8 Å². The van der Waals surface area contributed by atoms with Crippen LogP contribution in [0.4, 0.5) is 4.39 Å². The second-order valence-electron chi connectivity index (χ2n) is 5.80. The molecule has 4 nitrogen and oxygen atoms in total. The van der Waals surface area contributed by atoms with Crippen LogP contribution in [-0.4, -0.2) is 22.9 Å². The number of rotatable bonds is 2. The van der Waals surface area contributed by atoms with E-state index in [-0.39, 0.29) is 17.4 Å². The third-order valence-electron chi connectivity index (χ3n) is 4.33. The Labute approximate surface area is 132 Å². The minimum Gasteiger partial charge on any atom is -0.315 e. The van der Waals surface area contributed by atoms with Gasteiger partial charge in [-0.05, 0) is 43.3 Å². The number of hydrogen-bond acceptors (Lipinski definition) is 3. The lowest BCUT2D eigenvalue weighted by Gasteiger charge is -2.15. The molecule has 1 fully saturated rings. The maximum atomic E-state index is 13.2. The minimum absolute atomic E-state index is 0.0614. The second kappa shape index (κ2) is 5.59. The summed E-state index contributed by atoms with van der Waals surface area (Å²) in [5.41, 5.74) is 1.45. The lowest BCUT2D eigenvalue weighted by molar-refractivity contribution is 0.471. The largest absolute Gasteiger partial charge is 0.315 e. The zero-order valence-corrected chi connectivity index (χ0v) is 12.5. The Kier molecular flexibility index (Phi) is 3.42. The molecule has 1 N–H and O–H groups in total. The topological polar surface area (TPSA) is 46.9 Å². The van der Waals surface area contributed by atoms with E-state index in [2.05, 4.69) is 10.4 Å². The molecule has 3 aromatic rings. The zero-order valence-electron chi connectivity index (χ0n) is 12.5. The predicted octanol–water partition coefficient (Wildman–Crippen LogP) is 2.74. The van der Waals surface area contributed by atoms with Crippen LogP contribution in [-0.2, 0) is 0 Å². The first kappa shape index (κ1) is 14.1. The van der Waals surface area contributed by atoms with Crippen molar-refractivity contribution in [2.24, 2.45) is 0 Å². The van der Waals surface area contributed by atoms with Gasteiger partial charge in [0, 0.05) is 17.5 Å². The zero-order chi connectivity index (χ0) is 15.8. The van der Waals surface area contributed by atoms with Crippen LogP contribution >= 0.6 is 0 Å². The Morgan fingerprint density at radius 2 is 1.83 bits per heavy atom. The van der Waals surface area contributed by atoms with Crippen molar-refractivity contribution in [3.8, 4) is 11.3 Å². The lowest BCUT2D eigenvalue weighted by Crippen LogP contribution is -2.29. The van der Waals surface area contributed by atoms with Gasteiger partial charge in [-0.25, -0.2) is 9.07 Å². The summed E-state index contributed by atoms with van der Waals surface area (Å²) in [6.45, 7) is 1.63. The van der Waals surface area contributed by atoms with Gasteiger partial charge in [0.15, 0.2) is 0 Å². The van der Waals surface area contributed by atoms with E-state index in [0.717, 1.165) is 30.5 Å². The fourth-order valence-corrected chi connectivity index (χ4v) is 3.12. The molecule has 0 saturated carbocycles. The van der Waals surface area contributed by atoms with Gasteiger partial charge in [0.25, 0.3) is 5.56 Å². The Bertz CT molecular complexity index is 912. The number of fused-ring (bicyclic) bond motifs is 1. The molecular weight excluding hydrogens is 293 g/mol. The summed E-state index contributed by atoms with van der Waals surface area (Å²) < 4.78 is 14.8. The molecule has 5 heteroatoms. The molecule has 2 aromatic carbocycles. The highest BCUT2D eigenvalue weighted by molar-refractivity contribution is 5.93. The summed E-state index contributed by atoms with van der Waals surface area (Å²) in [5.74, 6) is -0.286. The number of nitrogens with one attached hydrogen (secondary N) is 1. The molecule has 23 heavy (non-hydrogen) atoms. The standard InChI is InChI=1S/C18H16FN3O/c19-13-7-5-12(6-8-13)17-15-3-1-2-4-16(15)18(23)22(21-17)14-9-10-20-11-14/h1-8,14,20H,9-11H2. The number of aromatic nitrogens is 2. The molecule has 116 valence electrons. The van der Waals surface area contributed by atoms with Crippen molar-refractivity contribution in [3.63, 3.8) is 0 Å². The smallest absolute Gasteiger partial charge is 0.274 e.